The topological polar surface area (TPSA) is 51.4 Å². The van der Waals surface area contributed by atoms with E-state index in [1.54, 1.807) is 13.3 Å². The number of piperidine rings is 1. The normalized spacial score (nSPS) is 20.2. The monoisotopic (exact) mass is 269 g/mol. The molecule has 1 aliphatic rings. The molecule has 1 atom stereocenters. The van der Waals surface area contributed by atoms with E-state index in [-0.39, 0.29) is 0 Å². The van der Waals surface area contributed by atoms with Crippen LogP contribution in [0.15, 0.2) is 12.3 Å². The minimum absolute atomic E-state index is 0.472. The van der Waals surface area contributed by atoms with Crippen molar-refractivity contribution >= 4 is 17.4 Å². The lowest BCUT2D eigenvalue weighted by Crippen LogP contribution is -2.37. The van der Waals surface area contributed by atoms with Gasteiger partial charge in [-0.3, -0.25) is 0 Å². The number of halogens is 1. The van der Waals surface area contributed by atoms with Crippen LogP contribution in [0, 0.1) is 5.92 Å². The van der Waals surface area contributed by atoms with Crippen LogP contribution >= 0.6 is 11.6 Å². The van der Waals surface area contributed by atoms with Crippen molar-refractivity contribution in [2.45, 2.75) is 19.4 Å². The number of ether oxygens (including phenoxy) is 1. The minimum atomic E-state index is 0.472. The van der Waals surface area contributed by atoms with E-state index in [0.717, 1.165) is 37.5 Å². The fourth-order valence-electron chi connectivity index (χ4n) is 2.44. The van der Waals surface area contributed by atoms with Crippen molar-refractivity contribution in [3.8, 4) is 0 Å². The lowest BCUT2D eigenvalue weighted by atomic mass is 9.99. The fraction of sp³-hybridized carbons (Fsp3) is 0.615. The van der Waals surface area contributed by atoms with E-state index in [1.807, 2.05) is 6.07 Å². The maximum atomic E-state index is 6.28. The van der Waals surface area contributed by atoms with Gasteiger partial charge in [0, 0.05) is 32.9 Å². The molecule has 5 heteroatoms. The van der Waals surface area contributed by atoms with Crippen molar-refractivity contribution in [1.82, 2.24) is 4.98 Å². The second-order valence-electron chi connectivity index (χ2n) is 4.76. The molecule has 0 aromatic carbocycles. The van der Waals surface area contributed by atoms with Crippen LogP contribution in [0.5, 0.6) is 0 Å². The highest BCUT2D eigenvalue weighted by molar-refractivity contribution is 6.33. The maximum Gasteiger partial charge on any atom is 0.147 e. The molecule has 0 bridgehead atoms. The zero-order chi connectivity index (χ0) is 13.0. The fourth-order valence-corrected chi connectivity index (χ4v) is 2.75. The summed E-state index contributed by atoms with van der Waals surface area (Å²) >= 11 is 6.28. The summed E-state index contributed by atoms with van der Waals surface area (Å²) in [6, 6.07) is 1.91. The number of aromatic nitrogens is 1. The molecule has 0 spiro atoms. The molecule has 1 fully saturated rings. The average Bonchev–Trinajstić information content (AvgIpc) is 2.39. The van der Waals surface area contributed by atoms with Gasteiger partial charge < -0.3 is 15.4 Å². The number of nitrogens with two attached hydrogens (primary N) is 1. The Morgan fingerprint density at radius 1 is 1.61 bits per heavy atom. The van der Waals surface area contributed by atoms with E-state index >= 15 is 0 Å². The van der Waals surface area contributed by atoms with Crippen molar-refractivity contribution in [1.29, 1.82) is 0 Å². The molecular formula is C13H20ClN3O. The van der Waals surface area contributed by atoms with Crippen LogP contribution in [-0.2, 0) is 11.3 Å². The molecule has 2 N–H and O–H groups in total. The van der Waals surface area contributed by atoms with E-state index in [9.17, 15) is 0 Å². The first-order valence-corrected chi connectivity index (χ1v) is 6.70. The second-order valence-corrected chi connectivity index (χ2v) is 5.17. The first kappa shape index (κ1) is 13.6. The van der Waals surface area contributed by atoms with Gasteiger partial charge in [0.05, 0.1) is 11.6 Å². The summed E-state index contributed by atoms with van der Waals surface area (Å²) in [6.45, 7) is 3.24. The first-order valence-electron chi connectivity index (χ1n) is 6.33. The Morgan fingerprint density at radius 2 is 2.44 bits per heavy atom. The zero-order valence-electron chi connectivity index (χ0n) is 10.7. The molecule has 0 aliphatic carbocycles. The van der Waals surface area contributed by atoms with Gasteiger partial charge in [-0.15, -0.1) is 0 Å². The van der Waals surface area contributed by atoms with Crippen molar-refractivity contribution < 1.29 is 4.74 Å². The highest BCUT2D eigenvalue weighted by Gasteiger charge is 2.22. The summed E-state index contributed by atoms with van der Waals surface area (Å²) in [5, 5.41) is 0.691. The SMILES string of the molecule is COCC1CCCN(c2ncc(CN)cc2Cl)C1. The highest BCUT2D eigenvalue weighted by Crippen LogP contribution is 2.28. The number of hydrogen-bond acceptors (Lipinski definition) is 4. The molecule has 1 saturated heterocycles. The van der Waals surface area contributed by atoms with Gasteiger partial charge in [0.2, 0.25) is 0 Å². The molecule has 0 radical (unpaired) electrons. The number of pyridine rings is 1. The number of nitrogens with zero attached hydrogens (tertiary/aromatic N) is 2. The number of hydrogen-bond donors (Lipinski definition) is 1. The summed E-state index contributed by atoms with van der Waals surface area (Å²) in [7, 11) is 1.75. The molecule has 1 unspecified atom stereocenters. The Morgan fingerprint density at radius 3 is 3.11 bits per heavy atom. The third-order valence-corrected chi connectivity index (χ3v) is 3.61. The molecule has 2 rings (SSSR count). The summed E-state index contributed by atoms with van der Waals surface area (Å²) in [5.74, 6) is 1.44. The third kappa shape index (κ3) is 3.13. The van der Waals surface area contributed by atoms with Gasteiger partial charge in [0.15, 0.2) is 0 Å². The van der Waals surface area contributed by atoms with Crippen LogP contribution in [0.25, 0.3) is 0 Å². The van der Waals surface area contributed by atoms with E-state index < -0.39 is 0 Å². The van der Waals surface area contributed by atoms with Crippen LogP contribution in [0.4, 0.5) is 5.82 Å². The summed E-state index contributed by atoms with van der Waals surface area (Å²) < 4.78 is 5.24. The van der Waals surface area contributed by atoms with Gasteiger partial charge in [0.1, 0.15) is 5.82 Å². The van der Waals surface area contributed by atoms with E-state index in [0.29, 0.717) is 17.5 Å². The van der Waals surface area contributed by atoms with Gasteiger partial charge in [-0.1, -0.05) is 11.6 Å². The lowest BCUT2D eigenvalue weighted by molar-refractivity contribution is 0.143. The number of anilines is 1. The van der Waals surface area contributed by atoms with Crippen LogP contribution < -0.4 is 10.6 Å². The van der Waals surface area contributed by atoms with Gasteiger partial charge >= 0.3 is 0 Å². The van der Waals surface area contributed by atoms with Crippen LogP contribution in [0.2, 0.25) is 5.02 Å². The molecule has 100 valence electrons. The lowest BCUT2D eigenvalue weighted by Gasteiger charge is -2.33. The largest absolute Gasteiger partial charge is 0.384 e. The Bertz CT molecular complexity index is 398. The van der Waals surface area contributed by atoms with Crippen LogP contribution in [0.3, 0.4) is 0 Å². The Hall–Kier alpha value is -0.840. The van der Waals surface area contributed by atoms with Crippen molar-refractivity contribution in [2.24, 2.45) is 11.7 Å². The Labute approximate surface area is 113 Å². The van der Waals surface area contributed by atoms with Crippen molar-refractivity contribution in [3.63, 3.8) is 0 Å². The Balaban J connectivity index is 2.10. The van der Waals surface area contributed by atoms with E-state index in [4.69, 9.17) is 22.1 Å². The molecule has 0 saturated carbocycles. The van der Waals surface area contributed by atoms with Gasteiger partial charge in [-0.25, -0.2) is 4.98 Å². The standard InChI is InChI=1S/C13H20ClN3O/c1-18-9-10-3-2-4-17(8-10)13-12(14)5-11(6-15)7-16-13/h5,7,10H,2-4,6,8-9,15H2,1H3. The van der Waals surface area contributed by atoms with E-state index in [1.165, 1.54) is 6.42 Å². The third-order valence-electron chi connectivity index (χ3n) is 3.33. The quantitative estimate of drug-likeness (QED) is 0.909. The van der Waals surface area contributed by atoms with Crippen molar-refractivity contribution in [2.75, 3.05) is 31.7 Å². The molecule has 4 nitrogen and oxygen atoms in total. The molecule has 1 aromatic heterocycles. The van der Waals surface area contributed by atoms with Crippen molar-refractivity contribution in [3.05, 3.63) is 22.8 Å². The molecule has 1 aromatic rings. The second kappa shape index (κ2) is 6.36. The zero-order valence-corrected chi connectivity index (χ0v) is 11.5. The Kier molecular flexibility index (Phi) is 4.80. The van der Waals surface area contributed by atoms with Gasteiger partial charge in [-0.05, 0) is 30.4 Å². The highest BCUT2D eigenvalue weighted by atomic mass is 35.5. The van der Waals surface area contributed by atoms with Gasteiger partial charge in [0.25, 0.3) is 0 Å². The summed E-state index contributed by atoms with van der Waals surface area (Å²) in [6.07, 6.45) is 4.18. The molecule has 2 heterocycles. The van der Waals surface area contributed by atoms with E-state index in [2.05, 4.69) is 9.88 Å². The average molecular weight is 270 g/mol. The minimum Gasteiger partial charge on any atom is -0.384 e. The number of methoxy groups -OCH3 is 1. The summed E-state index contributed by atoms with van der Waals surface area (Å²) in [5.41, 5.74) is 6.55. The molecule has 18 heavy (non-hydrogen) atoms. The summed E-state index contributed by atoms with van der Waals surface area (Å²) in [4.78, 5) is 6.69. The maximum absolute atomic E-state index is 6.28. The smallest absolute Gasteiger partial charge is 0.147 e. The molecular weight excluding hydrogens is 250 g/mol. The predicted octanol–water partition coefficient (Wildman–Crippen LogP) is 2.06. The first-order chi connectivity index (χ1) is 8.74. The van der Waals surface area contributed by atoms with Gasteiger partial charge in [-0.2, -0.15) is 0 Å². The predicted molar refractivity (Wildman–Crippen MR) is 74.0 cm³/mol. The molecule has 0 amide bonds. The van der Waals surface area contributed by atoms with Crippen LogP contribution in [-0.4, -0.2) is 31.8 Å². The van der Waals surface area contributed by atoms with Crippen LogP contribution in [0.1, 0.15) is 18.4 Å². The molecule has 1 aliphatic heterocycles. The number of rotatable bonds is 4.